The summed E-state index contributed by atoms with van der Waals surface area (Å²) in [5.74, 6) is -1.14. The first-order valence-corrected chi connectivity index (χ1v) is 8.71. The average Bonchev–Trinajstić information content (AvgIpc) is 2.81. The van der Waals surface area contributed by atoms with Gasteiger partial charge >= 0.3 is 5.97 Å². The van der Waals surface area contributed by atoms with E-state index >= 15 is 0 Å². The molecule has 0 amide bonds. The molecule has 3 rings (SSSR count). The van der Waals surface area contributed by atoms with Crippen LogP contribution in [0.2, 0.25) is 0 Å². The van der Waals surface area contributed by atoms with Gasteiger partial charge in [0.2, 0.25) is 11.5 Å². The number of fused-ring (bicyclic) bond motifs is 2. The standard InChI is InChI=1S/C20H23NO4/c1-4-24-18(23)19-13-9-10-14(3)20(17(19)22,25-5-2)21-16(19)15-11-7-6-8-12-15/h6-12,14H,4-5,13H2,1-3H3/t14-,19-,20-/m0/s1. The Morgan fingerprint density at radius 2 is 1.96 bits per heavy atom. The number of hydrogen-bond acceptors (Lipinski definition) is 5. The highest BCUT2D eigenvalue weighted by atomic mass is 16.5. The minimum absolute atomic E-state index is 0.205. The van der Waals surface area contributed by atoms with Crippen LogP contribution < -0.4 is 0 Å². The molecule has 0 spiro atoms. The third-order valence-electron chi connectivity index (χ3n) is 4.90. The molecule has 1 aliphatic heterocycles. The Balaban J connectivity index is 2.26. The molecule has 25 heavy (non-hydrogen) atoms. The van der Waals surface area contributed by atoms with Gasteiger partial charge in [-0.05, 0) is 25.8 Å². The molecule has 132 valence electrons. The summed E-state index contributed by atoms with van der Waals surface area (Å²) in [5.41, 5.74) is -1.64. The fraction of sp³-hybridized carbons (Fsp3) is 0.450. The second-order valence-electron chi connectivity index (χ2n) is 6.33. The molecule has 0 unspecified atom stereocenters. The van der Waals surface area contributed by atoms with E-state index < -0.39 is 17.1 Å². The van der Waals surface area contributed by atoms with E-state index in [4.69, 9.17) is 14.5 Å². The van der Waals surface area contributed by atoms with Gasteiger partial charge in [0, 0.05) is 12.5 Å². The number of carbonyl (C=O) groups excluding carboxylic acids is 2. The third kappa shape index (κ3) is 2.45. The summed E-state index contributed by atoms with van der Waals surface area (Å²) >= 11 is 0. The number of rotatable bonds is 5. The zero-order valence-electron chi connectivity index (χ0n) is 14.8. The lowest BCUT2D eigenvalue weighted by atomic mass is 9.73. The van der Waals surface area contributed by atoms with Crippen molar-refractivity contribution in [2.75, 3.05) is 13.2 Å². The molecule has 2 aliphatic rings. The molecule has 1 aromatic rings. The number of aliphatic imine (C=N–C) groups is 1. The molecule has 2 bridgehead atoms. The SMILES string of the molecule is CCOC(=O)[C@@]12CC=C[C@H](C)[C@@](OCC)(N=C1c1ccccc1)C2=O. The quantitative estimate of drug-likeness (QED) is 0.469. The van der Waals surface area contributed by atoms with E-state index in [1.54, 1.807) is 6.92 Å². The highest BCUT2D eigenvalue weighted by Crippen LogP contribution is 2.48. The van der Waals surface area contributed by atoms with Gasteiger partial charge in [-0.1, -0.05) is 49.4 Å². The van der Waals surface area contributed by atoms with E-state index in [1.165, 1.54) is 0 Å². The van der Waals surface area contributed by atoms with Crippen molar-refractivity contribution < 1.29 is 19.1 Å². The summed E-state index contributed by atoms with van der Waals surface area (Å²) < 4.78 is 11.2. The van der Waals surface area contributed by atoms with E-state index in [0.717, 1.165) is 5.56 Å². The van der Waals surface area contributed by atoms with Crippen LogP contribution in [-0.2, 0) is 19.1 Å². The van der Waals surface area contributed by atoms with Gasteiger partial charge < -0.3 is 9.47 Å². The lowest BCUT2D eigenvalue weighted by Gasteiger charge is -2.31. The van der Waals surface area contributed by atoms with Crippen LogP contribution in [0, 0.1) is 11.3 Å². The van der Waals surface area contributed by atoms with Crippen molar-refractivity contribution in [3.05, 3.63) is 48.0 Å². The first kappa shape index (κ1) is 17.5. The first-order valence-electron chi connectivity index (χ1n) is 8.71. The molecular formula is C20H23NO4. The number of ketones is 1. The maximum atomic E-state index is 13.6. The Hall–Kier alpha value is -2.27. The molecule has 0 saturated heterocycles. The van der Waals surface area contributed by atoms with Crippen molar-refractivity contribution in [3.63, 3.8) is 0 Å². The van der Waals surface area contributed by atoms with E-state index in [9.17, 15) is 9.59 Å². The zero-order valence-corrected chi connectivity index (χ0v) is 14.8. The number of ether oxygens (including phenoxy) is 2. The van der Waals surface area contributed by atoms with Crippen LogP contribution in [-0.4, -0.2) is 36.4 Å². The number of hydrogen-bond donors (Lipinski definition) is 0. The van der Waals surface area contributed by atoms with Gasteiger partial charge in [-0.3, -0.25) is 9.59 Å². The van der Waals surface area contributed by atoms with Crippen LogP contribution in [0.3, 0.4) is 0 Å². The van der Waals surface area contributed by atoms with Gasteiger partial charge in [-0.15, -0.1) is 0 Å². The fourth-order valence-electron chi connectivity index (χ4n) is 3.69. The van der Waals surface area contributed by atoms with Gasteiger partial charge in [-0.25, -0.2) is 4.99 Å². The van der Waals surface area contributed by atoms with E-state index in [0.29, 0.717) is 12.3 Å². The summed E-state index contributed by atoms with van der Waals surface area (Å²) in [6.45, 7) is 5.98. The van der Waals surface area contributed by atoms with Gasteiger partial charge in [0.15, 0.2) is 5.41 Å². The van der Waals surface area contributed by atoms with Gasteiger partial charge in [0.05, 0.1) is 12.3 Å². The van der Waals surface area contributed by atoms with Crippen molar-refractivity contribution >= 4 is 17.5 Å². The summed E-state index contributed by atoms with van der Waals surface area (Å²) in [5, 5.41) is 0. The van der Waals surface area contributed by atoms with Crippen LogP contribution in [0.5, 0.6) is 0 Å². The van der Waals surface area contributed by atoms with Gasteiger partial charge in [0.1, 0.15) is 0 Å². The summed E-state index contributed by atoms with van der Waals surface area (Å²) in [6, 6.07) is 9.33. The normalized spacial score (nSPS) is 30.8. The summed E-state index contributed by atoms with van der Waals surface area (Å²) in [6.07, 6.45) is 4.01. The fourth-order valence-corrected chi connectivity index (χ4v) is 3.69. The second kappa shape index (κ2) is 6.56. The maximum absolute atomic E-state index is 13.6. The first-order chi connectivity index (χ1) is 12.0. The maximum Gasteiger partial charge on any atom is 0.326 e. The van der Waals surface area contributed by atoms with E-state index in [-0.39, 0.29) is 24.7 Å². The monoisotopic (exact) mass is 341 g/mol. The molecular weight excluding hydrogens is 318 g/mol. The Morgan fingerprint density at radius 3 is 2.60 bits per heavy atom. The highest BCUT2D eigenvalue weighted by Gasteiger charge is 2.66. The van der Waals surface area contributed by atoms with E-state index in [1.807, 2.05) is 56.3 Å². The molecule has 1 aliphatic carbocycles. The number of carbonyl (C=O) groups is 2. The second-order valence-corrected chi connectivity index (χ2v) is 6.33. The molecule has 0 saturated carbocycles. The number of Topliss-reactive ketones (excluding diaryl/α,β-unsaturated/α-hetero) is 1. The van der Waals surface area contributed by atoms with Crippen molar-refractivity contribution in [1.29, 1.82) is 0 Å². The van der Waals surface area contributed by atoms with Gasteiger partial charge in [-0.2, -0.15) is 0 Å². The number of esters is 1. The number of allylic oxidation sites excluding steroid dienone is 1. The molecule has 5 nitrogen and oxygen atoms in total. The minimum Gasteiger partial charge on any atom is -0.465 e. The van der Waals surface area contributed by atoms with Crippen molar-refractivity contribution in [2.45, 2.75) is 32.9 Å². The van der Waals surface area contributed by atoms with Crippen LogP contribution in [0.15, 0.2) is 47.5 Å². The third-order valence-corrected chi connectivity index (χ3v) is 4.90. The molecule has 0 radical (unpaired) electrons. The van der Waals surface area contributed by atoms with Crippen molar-refractivity contribution in [3.8, 4) is 0 Å². The molecule has 5 heteroatoms. The van der Waals surface area contributed by atoms with Crippen LogP contribution >= 0.6 is 0 Å². The average molecular weight is 341 g/mol. The topological polar surface area (TPSA) is 65.0 Å². The molecule has 0 aromatic heterocycles. The molecule has 0 N–H and O–H groups in total. The minimum atomic E-state index is -1.45. The number of benzene rings is 1. The van der Waals surface area contributed by atoms with Gasteiger partial charge in [0.25, 0.3) is 0 Å². The van der Waals surface area contributed by atoms with Crippen LogP contribution in [0.1, 0.15) is 32.8 Å². The number of nitrogens with zero attached hydrogens (tertiary/aromatic N) is 1. The Morgan fingerprint density at radius 1 is 1.24 bits per heavy atom. The molecule has 1 aromatic carbocycles. The summed E-state index contributed by atoms with van der Waals surface area (Å²) in [7, 11) is 0. The zero-order chi connectivity index (χ0) is 18.1. The lowest BCUT2D eigenvalue weighted by Crippen LogP contribution is -2.52. The summed E-state index contributed by atoms with van der Waals surface area (Å²) in [4.78, 5) is 31.3. The Kier molecular flexibility index (Phi) is 4.60. The largest absolute Gasteiger partial charge is 0.465 e. The smallest absolute Gasteiger partial charge is 0.326 e. The van der Waals surface area contributed by atoms with E-state index in [2.05, 4.69) is 0 Å². The molecule has 0 fully saturated rings. The predicted octanol–water partition coefficient (Wildman–Crippen LogP) is 2.94. The Labute approximate surface area is 147 Å². The molecule has 3 atom stereocenters. The van der Waals surface area contributed by atoms with Crippen LogP contribution in [0.4, 0.5) is 0 Å². The molecule has 1 heterocycles. The predicted molar refractivity (Wildman–Crippen MR) is 94.3 cm³/mol. The lowest BCUT2D eigenvalue weighted by molar-refractivity contribution is -0.164. The van der Waals surface area contributed by atoms with Crippen LogP contribution in [0.25, 0.3) is 0 Å². The Bertz CT molecular complexity index is 739. The highest BCUT2D eigenvalue weighted by molar-refractivity contribution is 6.34. The van der Waals surface area contributed by atoms with Crippen molar-refractivity contribution in [1.82, 2.24) is 0 Å². The van der Waals surface area contributed by atoms with Crippen molar-refractivity contribution in [2.24, 2.45) is 16.3 Å².